The fourth-order valence-electron chi connectivity index (χ4n) is 2.49. The van der Waals surface area contributed by atoms with E-state index in [1.807, 2.05) is 31.1 Å². The second kappa shape index (κ2) is 10.5. The van der Waals surface area contributed by atoms with Crippen LogP contribution in [0.5, 0.6) is 5.75 Å². The number of hydrogen-bond acceptors (Lipinski definition) is 4. The predicted octanol–water partition coefficient (Wildman–Crippen LogP) is 3.37. The van der Waals surface area contributed by atoms with Crippen LogP contribution in [0.3, 0.4) is 0 Å². The molecule has 0 radical (unpaired) electrons. The molecule has 2 aromatic rings. The molecule has 0 unspecified atom stereocenters. The van der Waals surface area contributed by atoms with E-state index in [1.54, 1.807) is 12.1 Å². The van der Waals surface area contributed by atoms with Crippen LogP contribution in [-0.4, -0.2) is 39.1 Å². The number of halogens is 2. The number of nitrogens with zero attached hydrogens (tertiary/aromatic N) is 1. The van der Waals surface area contributed by atoms with Gasteiger partial charge in [-0.1, -0.05) is 30.3 Å². The summed E-state index contributed by atoms with van der Waals surface area (Å²) in [4.78, 5) is 26.1. The van der Waals surface area contributed by atoms with Crippen molar-refractivity contribution in [1.29, 1.82) is 0 Å². The molecule has 0 saturated carbocycles. The Bertz CT molecular complexity index is 902. The van der Waals surface area contributed by atoms with Crippen molar-refractivity contribution in [2.75, 3.05) is 32.1 Å². The van der Waals surface area contributed by atoms with E-state index in [0.29, 0.717) is 24.2 Å². The number of para-hydroxylation sites is 1. The van der Waals surface area contributed by atoms with Crippen molar-refractivity contribution in [1.82, 2.24) is 10.6 Å². The summed E-state index contributed by atoms with van der Waals surface area (Å²) < 4.78 is 18.6. The molecule has 6 nitrogen and oxygen atoms in total. The lowest BCUT2D eigenvalue weighted by molar-refractivity contribution is -0.122. The maximum Gasteiger partial charge on any atom is 0.262 e. The van der Waals surface area contributed by atoms with Gasteiger partial charge in [0.25, 0.3) is 11.8 Å². The molecular weight excluding hydrogens is 397 g/mol. The summed E-state index contributed by atoms with van der Waals surface area (Å²) in [6.07, 6.45) is 0.358. The Kier molecular flexibility index (Phi) is 8.03. The first-order valence-corrected chi connectivity index (χ1v) is 9.25. The first-order valence-electron chi connectivity index (χ1n) is 8.88. The molecular formula is C21H23ClFN3O3. The van der Waals surface area contributed by atoms with Gasteiger partial charge in [0.1, 0.15) is 11.6 Å². The second-order valence-corrected chi connectivity index (χ2v) is 6.84. The van der Waals surface area contributed by atoms with Gasteiger partial charge in [-0.15, -0.1) is 0 Å². The van der Waals surface area contributed by atoms with Crippen LogP contribution in [0.25, 0.3) is 0 Å². The van der Waals surface area contributed by atoms with E-state index < -0.39 is 11.7 Å². The fraction of sp³-hybridized carbons (Fsp3) is 0.238. The number of nitrogens with one attached hydrogen (secondary N) is 2. The van der Waals surface area contributed by atoms with E-state index in [4.69, 9.17) is 16.3 Å². The molecule has 0 aromatic heterocycles. The first kappa shape index (κ1) is 22.2. The van der Waals surface area contributed by atoms with Gasteiger partial charge in [-0.25, -0.2) is 4.39 Å². The minimum absolute atomic E-state index is 0.0227. The molecule has 0 aliphatic carbocycles. The molecule has 2 aromatic carbocycles. The van der Waals surface area contributed by atoms with Crippen LogP contribution in [-0.2, 0) is 4.79 Å². The van der Waals surface area contributed by atoms with Crippen LogP contribution in [0.1, 0.15) is 16.8 Å². The molecule has 8 heteroatoms. The highest BCUT2D eigenvalue weighted by Crippen LogP contribution is 2.20. The Morgan fingerprint density at radius 3 is 2.62 bits per heavy atom. The SMILES string of the molecule is C=C(CCNC(=O)c1ccccc1N(C)C)NC(=O)COc1ccc(Cl)c(F)c1. The molecule has 0 spiro atoms. The summed E-state index contributed by atoms with van der Waals surface area (Å²) in [5.74, 6) is -1.07. The topological polar surface area (TPSA) is 70.7 Å². The Labute approximate surface area is 174 Å². The van der Waals surface area contributed by atoms with Crippen LogP contribution in [0, 0.1) is 5.82 Å². The van der Waals surface area contributed by atoms with Crippen molar-refractivity contribution in [3.05, 3.63) is 71.1 Å². The molecule has 0 fully saturated rings. The summed E-state index contributed by atoms with van der Waals surface area (Å²) in [5, 5.41) is 5.36. The molecule has 0 heterocycles. The number of ether oxygens (including phenoxy) is 1. The van der Waals surface area contributed by atoms with Crippen LogP contribution in [0.15, 0.2) is 54.7 Å². The average Bonchev–Trinajstić information content (AvgIpc) is 2.68. The first-order chi connectivity index (χ1) is 13.8. The quantitative estimate of drug-likeness (QED) is 0.653. The molecule has 0 bridgehead atoms. The molecule has 0 aliphatic heterocycles. The van der Waals surface area contributed by atoms with Gasteiger partial charge >= 0.3 is 0 Å². The average molecular weight is 420 g/mol. The number of amides is 2. The maximum atomic E-state index is 13.3. The smallest absolute Gasteiger partial charge is 0.262 e. The highest BCUT2D eigenvalue weighted by Gasteiger charge is 2.12. The Hall–Kier alpha value is -3.06. The van der Waals surface area contributed by atoms with Crippen LogP contribution < -0.4 is 20.3 Å². The van der Waals surface area contributed by atoms with E-state index in [1.165, 1.54) is 12.1 Å². The number of carbonyl (C=O) groups excluding carboxylic acids is 2. The van der Waals surface area contributed by atoms with Gasteiger partial charge in [0.2, 0.25) is 0 Å². The molecule has 0 atom stereocenters. The number of hydrogen-bond donors (Lipinski definition) is 2. The monoisotopic (exact) mass is 419 g/mol. The summed E-state index contributed by atoms with van der Waals surface area (Å²) in [6, 6.07) is 11.2. The van der Waals surface area contributed by atoms with Crippen molar-refractivity contribution in [3.63, 3.8) is 0 Å². The standard InChI is InChI=1S/C21H23ClFN3O3/c1-14(25-20(27)13-29-15-8-9-17(22)18(23)12-15)10-11-24-21(28)16-6-4-5-7-19(16)26(2)3/h4-9,12H,1,10-11,13H2,2-3H3,(H,24,28)(H,25,27). The molecule has 0 aliphatic rings. The van der Waals surface area contributed by atoms with Gasteiger partial charge in [0, 0.05) is 44.5 Å². The van der Waals surface area contributed by atoms with Gasteiger partial charge in [0.05, 0.1) is 10.6 Å². The van der Waals surface area contributed by atoms with E-state index in [-0.39, 0.29) is 23.3 Å². The maximum absolute atomic E-state index is 13.3. The third kappa shape index (κ3) is 6.80. The number of carbonyl (C=O) groups is 2. The third-order valence-electron chi connectivity index (χ3n) is 3.92. The zero-order chi connectivity index (χ0) is 21.4. The van der Waals surface area contributed by atoms with Gasteiger partial charge in [-0.05, 0) is 24.3 Å². The normalized spacial score (nSPS) is 10.2. The van der Waals surface area contributed by atoms with E-state index in [2.05, 4.69) is 17.2 Å². The van der Waals surface area contributed by atoms with Gasteiger partial charge in [-0.3, -0.25) is 9.59 Å². The molecule has 2 amide bonds. The van der Waals surface area contributed by atoms with Crippen molar-refractivity contribution in [3.8, 4) is 5.75 Å². The highest BCUT2D eigenvalue weighted by atomic mass is 35.5. The van der Waals surface area contributed by atoms with Crippen LogP contribution in [0.4, 0.5) is 10.1 Å². The number of anilines is 1. The number of rotatable bonds is 9. The molecule has 154 valence electrons. The summed E-state index contributed by atoms with van der Waals surface area (Å²) >= 11 is 5.59. The van der Waals surface area contributed by atoms with Crippen molar-refractivity contribution in [2.24, 2.45) is 0 Å². The van der Waals surface area contributed by atoms with Crippen LogP contribution >= 0.6 is 11.6 Å². The van der Waals surface area contributed by atoms with E-state index in [0.717, 1.165) is 11.8 Å². The minimum atomic E-state index is -0.624. The summed E-state index contributed by atoms with van der Waals surface area (Å²) in [6.45, 7) is 3.77. The van der Waals surface area contributed by atoms with Crippen LogP contribution in [0.2, 0.25) is 5.02 Å². The molecule has 2 N–H and O–H groups in total. The van der Waals surface area contributed by atoms with Gasteiger partial charge in [-0.2, -0.15) is 0 Å². The number of benzene rings is 2. The third-order valence-corrected chi connectivity index (χ3v) is 4.23. The lowest BCUT2D eigenvalue weighted by Crippen LogP contribution is -2.31. The lowest BCUT2D eigenvalue weighted by atomic mass is 10.1. The zero-order valence-electron chi connectivity index (χ0n) is 16.3. The fourth-order valence-corrected chi connectivity index (χ4v) is 2.61. The van der Waals surface area contributed by atoms with Gasteiger partial charge in [0.15, 0.2) is 6.61 Å². The minimum Gasteiger partial charge on any atom is -0.484 e. The summed E-state index contributed by atoms with van der Waals surface area (Å²) in [7, 11) is 3.73. The Morgan fingerprint density at radius 1 is 1.21 bits per heavy atom. The lowest BCUT2D eigenvalue weighted by Gasteiger charge is -2.17. The summed E-state index contributed by atoms with van der Waals surface area (Å²) in [5.41, 5.74) is 1.81. The molecule has 2 rings (SSSR count). The zero-order valence-corrected chi connectivity index (χ0v) is 17.1. The predicted molar refractivity (Wildman–Crippen MR) is 112 cm³/mol. The largest absolute Gasteiger partial charge is 0.484 e. The Morgan fingerprint density at radius 2 is 1.93 bits per heavy atom. The van der Waals surface area contributed by atoms with E-state index >= 15 is 0 Å². The molecule has 29 heavy (non-hydrogen) atoms. The van der Waals surface area contributed by atoms with Crippen molar-refractivity contribution >= 4 is 29.1 Å². The second-order valence-electron chi connectivity index (χ2n) is 6.43. The van der Waals surface area contributed by atoms with Crippen molar-refractivity contribution in [2.45, 2.75) is 6.42 Å². The molecule has 0 saturated heterocycles. The van der Waals surface area contributed by atoms with Gasteiger partial charge < -0.3 is 20.3 Å². The highest BCUT2D eigenvalue weighted by molar-refractivity contribution is 6.30. The van der Waals surface area contributed by atoms with Crippen molar-refractivity contribution < 1.29 is 18.7 Å². The Balaban J connectivity index is 1.74. The van der Waals surface area contributed by atoms with E-state index in [9.17, 15) is 14.0 Å².